The maximum absolute atomic E-state index is 15.3. The Bertz CT molecular complexity index is 2360. The van der Waals surface area contributed by atoms with E-state index in [2.05, 4.69) is 31.9 Å². The molecule has 1 fully saturated rings. The molecule has 0 radical (unpaired) electrons. The molecule has 5 rings (SSSR count). The average molecular weight is 1100 g/mol. The van der Waals surface area contributed by atoms with Gasteiger partial charge in [0.15, 0.2) is 6.04 Å². The van der Waals surface area contributed by atoms with Gasteiger partial charge in [0, 0.05) is 32.2 Å². The Balaban J connectivity index is 2.04. The summed E-state index contributed by atoms with van der Waals surface area (Å²) in [6, 6.07) is -1.51. The lowest BCUT2D eigenvalue weighted by Crippen LogP contribution is -2.62. The molecule has 0 spiro atoms. The molecule has 23 nitrogen and oxygen atoms in total. The molecule has 0 aromatic heterocycles. The number of likely N-dealkylation sites (N-methyl/N-ethyl adjacent to an activating group) is 1. The van der Waals surface area contributed by atoms with Crippen LogP contribution in [0.25, 0.3) is 0 Å². The van der Waals surface area contributed by atoms with E-state index in [1.807, 2.05) is 6.92 Å². The van der Waals surface area contributed by atoms with Crippen molar-refractivity contribution >= 4 is 53.3 Å². The van der Waals surface area contributed by atoms with Gasteiger partial charge < -0.3 is 71.4 Å². The van der Waals surface area contributed by atoms with Gasteiger partial charge in [-0.15, -0.1) is 0 Å². The van der Waals surface area contributed by atoms with E-state index < -0.39 is 163 Å². The third kappa shape index (κ3) is 18.2. The number of carbonyl (C=O) groups is 9. The van der Waals surface area contributed by atoms with Crippen LogP contribution < -0.4 is 31.9 Å². The second-order valence-corrected chi connectivity index (χ2v) is 20.7. The molecule has 14 atom stereocenters. The van der Waals surface area contributed by atoms with Crippen molar-refractivity contribution in [3.8, 4) is 0 Å². The van der Waals surface area contributed by atoms with Gasteiger partial charge >= 0.3 is 11.9 Å². The SMILES string of the molecule is CCCC(O)C[C@H]1OC2=CC=C(CC2)[C@@H]2NC(=O)[C@@H]([C@@H](C)CC)NC(=O)[C@@H](NC(=O)[C@H](C)[C@H](O)C(C)C)[C@@H](C)OC(=O)[C@H](COC(=O)CNC(=O)/C=C/[C@@H]1CO)NC(=O)[C@@H]([C@@H](C)O)NC(=O)[C@H](Cc1ccccc1)N(C)C2=O. The van der Waals surface area contributed by atoms with E-state index in [4.69, 9.17) is 14.2 Å². The van der Waals surface area contributed by atoms with Crippen molar-refractivity contribution in [2.24, 2.45) is 23.7 Å². The molecule has 4 bridgehead atoms. The number of hydrogen-bond donors (Lipinski definition) is 10. The van der Waals surface area contributed by atoms with E-state index in [1.54, 1.807) is 70.2 Å². The summed E-state index contributed by atoms with van der Waals surface area (Å²) < 4.78 is 17.5. The maximum atomic E-state index is 15.3. The summed E-state index contributed by atoms with van der Waals surface area (Å²) in [7, 11) is 1.32. The Morgan fingerprint density at radius 3 is 2.10 bits per heavy atom. The van der Waals surface area contributed by atoms with Crippen LogP contribution in [0.1, 0.15) is 99.5 Å². The van der Waals surface area contributed by atoms with Gasteiger partial charge in [0.25, 0.3) is 0 Å². The summed E-state index contributed by atoms with van der Waals surface area (Å²) in [5.74, 6) is -11.7. The van der Waals surface area contributed by atoms with E-state index in [9.17, 15) is 58.8 Å². The van der Waals surface area contributed by atoms with Crippen molar-refractivity contribution in [1.29, 1.82) is 0 Å². The number of aliphatic hydroxyl groups excluding tert-OH is 4. The van der Waals surface area contributed by atoms with E-state index in [0.717, 1.165) is 11.0 Å². The van der Waals surface area contributed by atoms with E-state index >= 15 is 4.79 Å². The first-order valence-corrected chi connectivity index (χ1v) is 26.8. The minimum absolute atomic E-state index is 0.0269. The van der Waals surface area contributed by atoms with E-state index in [1.165, 1.54) is 33.9 Å². The molecule has 432 valence electrons. The number of aliphatic hydroxyl groups is 4. The molecule has 0 saturated carbocycles. The van der Waals surface area contributed by atoms with Gasteiger partial charge in [0.2, 0.25) is 41.4 Å². The quantitative estimate of drug-likeness (QED) is 0.109. The highest BCUT2D eigenvalue weighted by atomic mass is 16.6. The lowest BCUT2D eigenvalue weighted by atomic mass is 9.92. The second-order valence-electron chi connectivity index (χ2n) is 20.7. The number of nitrogens with zero attached hydrogens (tertiary/aromatic N) is 1. The molecule has 1 saturated heterocycles. The number of nitrogens with one attached hydrogen (secondary N) is 6. The molecule has 1 aromatic rings. The van der Waals surface area contributed by atoms with Crippen molar-refractivity contribution in [3.05, 3.63) is 71.5 Å². The summed E-state index contributed by atoms with van der Waals surface area (Å²) >= 11 is 0. The number of allylic oxidation sites excluding steroid dienone is 3. The van der Waals surface area contributed by atoms with Crippen LogP contribution in [0.5, 0.6) is 0 Å². The zero-order valence-electron chi connectivity index (χ0n) is 46.1. The molecular weight excluding hydrogens is 1010 g/mol. The fourth-order valence-electron chi connectivity index (χ4n) is 9.08. The second kappa shape index (κ2) is 30.5. The van der Waals surface area contributed by atoms with Crippen LogP contribution in [0.2, 0.25) is 0 Å². The average Bonchev–Trinajstić information content (AvgIpc) is 3.42. The van der Waals surface area contributed by atoms with Gasteiger partial charge in [-0.2, -0.15) is 0 Å². The normalized spacial score (nSPS) is 28.2. The summed E-state index contributed by atoms with van der Waals surface area (Å²) in [5, 5.41) is 58.7. The van der Waals surface area contributed by atoms with Crippen molar-refractivity contribution < 1.29 is 77.8 Å². The summed E-state index contributed by atoms with van der Waals surface area (Å²) in [4.78, 5) is 130. The molecule has 10 N–H and O–H groups in total. The van der Waals surface area contributed by atoms with Crippen LogP contribution in [-0.4, -0.2) is 172 Å². The Kier molecular flexibility index (Phi) is 24.9. The fourth-order valence-corrected chi connectivity index (χ4v) is 9.08. The summed E-state index contributed by atoms with van der Waals surface area (Å²) in [6.07, 6.45) is 0.549. The van der Waals surface area contributed by atoms with Crippen LogP contribution in [-0.2, 0) is 63.8 Å². The first kappa shape index (κ1) is 63.8. The van der Waals surface area contributed by atoms with Crippen molar-refractivity contribution in [3.63, 3.8) is 0 Å². The number of hydrogen-bond acceptors (Lipinski definition) is 16. The van der Waals surface area contributed by atoms with Crippen LogP contribution in [0.15, 0.2) is 66.0 Å². The zero-order chi connectivity index (χ0) is 58.0. The van der Waals surface area contributed by atoms with Crippen molar-refractivity contribution in [2.75, 3.05) is 26.8 Å². The van der Waals surface area contributed by atoms with Gasteiger partial charge in [0.05, 0.1) is 36.6 Å². The highest BCUT2D eigenvalue weighted by Gasteiger charge is 2.42. The number of rotatable bonds is 14. The van der Waals surface area contributed by atoms with Crippen LogP contribution >= 0.6 is 0 Å². The standard InChI is InChI=1S/C55H81N7O16/c1-10-15-37(65)25-41-36(27-63)20-23-42(66)56-26-43(67)76-28-39-55(75)77-33(8)46(60-49(69)31(6)48(68)29(3)4)53(73)58-44(30(5)11-2)51(71)61-47(35-18-21-38(78-41)22-19-35)54(74)62(9)40(24-34-16-13-12-14-17-34)50(70)59-45(32(7)64)52(72)57-39/h12-14,16-18,20-21,23,29-33,36-37,39-41,44-48,63-65,68H,10-11,15,19,22,24-28H2,1-9H3,(H,56,66)(H,57,72)(H,58,73)(H,59,70)(H,60,69)(H,61,71)/b23-20+/t30-,31+,32+,33+,36+,37?,39-,40-,41+,44+,45+,46-,47-,48+/m0/s1. The van der Waals surface area contributed by atoms with E-state index in [0.29, 0.717) is 29.7 Å². The molecular formula is C55H81N7O16. The van der Waals surface area contributed by atoms with E-state index in [-0.39, 0.29) is 32.1 Å². The molecule has 78 heavy (non-hydrogen) atoms. The number of ether oxygens (including phenoxy) is 3. The van der Waals surface area contributed by atoms with Gasteiger partial charge in [-0.25, -0.2) is 4.79 Å². The third-order valence-corrected chi connectivity index (χ3v) is 14.3. The summed E-state index contributed by atoms with van der Waals surface area (Å²) in [6.45, 7) is 10.1. The highest BCUT2D eigenvalue weighted by Crippen LogP contribution is 2.29. The first-order valence-electron chi connectivity index (χ1n) is 26.8. The predicted molar refractivity (Wildman–Crippen MR) is 283 cm³/mol. The smallest absolute Gasteiger partial charge is 0.332 e. The molecule has 3 heterocycles. The largest absolute Gasteiger partial charge is 0.494 e. The minimum atomic E-state index is -1.97. The van der Waals surface area contributed by atoms with Gasteiger partial charge in [-0.05, 0) is 61.8 Å². The summed E-state index contributed by atoms with van der Waals surface area (Å²) in [5.41, 5.74) is 0.890. The zero-order valence-corrected chi connectivity index (χ0v) is 46.1. The molecule has 7 amide bonds. The van der Waals surface area contributed by atoms with Crippen molar-refractivity contribution in [2.45, 2.75) is 167 Å². The molecule has 23 heteroatoms. The Hall–Kier alpha value is -6.69. The Morgan fingerprint density at radius 2 is 1.50 bits per heavy atom. The number of esters is 2. The lowest BCUT2D eigenvalue weighted by Gasteiger charge is -2.35. The van der Waals surface area contributed by atoms with Crippen LogP contribution in [0, 0.1) is 23.7 Å². The monoisotopic (exact) mass is 1100 g/mol. The topological polar surface area (TPSA) is 338 Å². The predicted octanol–water partition coefficient (Wildman–Crippen LogP) is -0.117. The van der Waals surface area contributed by atoms with Crippen LogP contribution in [0.3, 0.4) is 0 Å². The van der Waals surface area contributed by atoms with Gasteiger partial charge in [0.1, 0.15) is 55.6 Å². The van der Waals surface area contributed by atoms with Crippen molar-refractivity contribution in [1.82, 2.24) is 36.8 Å². The number of amides is 7. The van der Waals surface area contributed by atoms with Gasteiger partial charge in [-0.3, -0.25) is 38.4 Å². The number of cyclic esters (lactones) is 1. The lowest BCUT2D eigenvalue weighted by molar-refractivity contribution is -0.160. The molecule has 1 aliphatic carbocycles. The molecule has 1 unspecified atom stereocenters. The maximum Gasteiger partial charge on any atom is 0.332 e. The fraction of sp³-hybridized carbons (Fsp3) is 0.618. The number of carbonyl (C=O) groups excluding carboxylic acids is 9. The minimum Gasteiger partial charge on any atom is -0.494 e. The number of fused-ring (bicyclic) bond motifs is 11. The highest BCUT2D eigenvalue weighted by molar-refractivity contribution is 5.99. The molecule has 4 aliphatic rings. The Morgan fingerprint density at radius 1 is 0.833 bits per heavy atom. The molecule has 3 aliphatic heterocycles. The van der Waals surface area contributed by atoms with Gasteiger partial charge in [-0.1, -0.05) is 96.9 Å². The van der Waals surface area contributed by atoms with Crippen LogP contribution in [0.4, 0.5) is 0 Å². The first-order chi connectivity index (χ1) is 36.9. The Labute approximate surface area is 455 Å². The number of benzene rings is 1. The molecule has 1 aromatic carbocycles. The third-order valence-electron chi connectivity index (χ3n) is 14.3.